The number of hydrogen-bond donors (Lipinski definition) is 2. The Bertz CT molecular complexity index is 483. The molecule has 0 saturated heterocycles. The molecule has 2 unspecified atom stereocenters. The van der Waals surface area contributed by atoms with Crippen LogP contribution in [0.5, 0.6) is 0 Å². The molecule has 1 fully saturated rings. The second kappa shape index (κ2) is 5.29. The summed E-state index contributed by atoms with van der Waals surface area (Å²) in [5.41, 5.74) is 4.75. The normalized spacial score (nSPS) is 27.4. The highest BCUT2D eigenvalue weighted by Crippen LogP contribution is 2.41. The third-order valence-corrected chi connectivity index (χ3v) is 5.12. The van der Waals surface area contributed by atoms with Crippen LogP contribution in [-0.4, -0.2) is 21.9 Å². The molecule has 2 rings (SSSR count). The molecule has 0 heterocycles. The number of carboxylic acid groups (broad SMARTS) is 1. The topological polar surface area (TPSA) is 63.3 Å². The molecule has 3 nitrogen and oxygen atoms in total. The minimum absolute atomic E-state index is 0.169. The number of rotatable bonds is 3. The third kappa shape index (κ3) is 2.94. The lowest BCUT2D eigenvalue weighted by Crippen LogP contribution is -2.45. The van der Waals surface area contributed by atoms with E-state index in [0.29, 0.717) is 22.9 Å². The molecule has 0 aliphatic heterocycles. The fraction of sp³-hybridized carbons (Fsp3) is 0.417. The molecular formula is C12H13Cl2NO2S. The number of thioether (sulfide) groups is 1. The van der Waals surface area contributed by atoms with Crippen LogP contribution in [0, 0.1) is 0 Å². The summed E-state index contributed by atoms with van der Waals surface area (Å²) in [6.07, 6.45) is 1.73. The first kappa shape index (κ1) is 14.0. The maximum atomic E-state index is 11.1. The van der Waals surface area contributed by atoms with E-state index in [2.05, 4.69) is 0 Å². The van der Waals surface area contributed by atoms with Crippen LogP contribution >= 0.6 is 35.0 Å². The highest BCUT2D eigenvalue weighted by Gasteiger charge is 2.42. The van der Waals surface area contributed by atoms with E-state index in [4.69, 9.17) is 34.0 Å². The van der Waals surface area contributed by atoms with Gasteiger partial charge in [-0.25, -0.2) is 0 Å². The second-order valence-electron chi connectivity index (χ2n) is 4.52. The maximum absolute atomic E-state index is 11.1. The molecule has 0 bridgehead atoms. The third-order valence-electron chi connectivity index (χ3n) is 3.12. The van der Waals surface area contributed by atoms with E-state index < -0.39 is 11.5 Å². The summed E-state index contributed by atoms with van der Waals surface area (Å²) in [5, 5.41) is 10.5. The zero-order valence-electron chi connectivity index (χ0n) is 9.53. The van der Waals surface area contributed by atoms with Gasteiger partial charge in [-0.3, -0.25) is 4.79 Å². The monoisotopic (exact) mass is 305 g/mol. The number of benzene rings is 1. The molecule has 0 amide bonds. The maximum Gasteiger partial charge on any atom is 0.323 e. The Balaban J connectivity index is 2.08. The van der Waals surface area contributed by atoms with Gasteiger partial charge in [-0.05, 0) is 37.5 Å². The molecule has 2 atom stereocenters. The summed E-state index contributed by atoms with van der Waals surface area (Å²) in [7, 11) is 0. The molecule has 1 saturated carbocycles. The summed E-state index contributed by atoms with van der Waals surface area (Å²) in [6.45, 7) is 0. The number of halogens is 2. The van der Waals surface area contributed by atoms with E-state index in [1.807, 2.05) is 0 Å². The molecule has 0 aromatic heterocycles. The first-order valence-corrected chi connectivity index (χ1v) is 7.18. The van der Waals surface area contributed by atoms with E-state index in [-0.39, 0.29) is 5.25 Å². The van der Waals surface area contributed by atoms with Crippen LogP contribution in [0.3, 0.4) is 0 Å². The number of carbonyl (C=O) groups is 1. The lowest BCUT2D eigenvalue weighted by atomic mass is 10.0. The molecule has 0 radical (unpaired) electrons. The predicted molar refractivity (Wildman–Crippen MR) is 74.5 cm³/mol. The fourth-order valence-electron chi connectivity index (χ4n) is 2.07. The Labute approximate surface area is 120 Å². The van der Waals surface area contributed by atoms with Gasteiger partial charge in [-0.15, -0.1) is 11.8 Å². The van der Waals surface area contributed by atoms with Gasteiger partial charge >= 0.3 is 5.97 Å². The zero-order chi connectivity index (χ0) is 13.3. The van der Waals surface area contributed by atoms with Gasteiger partial charge in [0.2, 0.25) is 0 Å². The zero-order valence-corrected chi connectivity index (χ0v) is 11.9. The highest BCUT2D eigenvalue weighted by molar-refractivity contribution is 8.00. The minimum atomic E-state index is -1.09. The van der Waals surface area contributed by atoms with Crippen molar-refractivity contribution in [2.75, 3.05) is 0 Å². The van der Waals surface area contributed by atoms with E-state index >= 15 is 0 Å². The van der Waals surface area contributed by atoms with E-state index in [1.54, 1.807) is 30.0 Å². The Kier molecular flexibility index (Phi) is 4.11. The van der Waals surface area contributed by atoms with Crippen LogP contribution in [0.25, 0.3) is 0 Å². The van der Waals surface area contributed by atoms with Gasteiger partial charge in [0, 0.05) is 15.2 Å². The molecule has 0 spiro atoms. The van der Waals surface area contributed by atoms with Gasteiger partial charge in [-0.1, -0.05) is 23.2 Å². The van der Waals surface area contributed by atoms with Crippen molar-refractivity contribution in [3.63, 3.8) is 0 Å². The molecule has 6 heteroatoms. The van der Waals surface area contributed by atoms with E-state index in [0.717, 1.165) is 11.3 Å². The van der Waals surface area contributed by atoms with Crippen molar-refractivity contribution in [3.8, 4) is 0 Å². The highest BCUT2D eigenvalue weighted by atomic mass is 35.5. The standard InChI is InChI=1S/C12H13Cl2NO2S/c13-7-1-2-9(14)10(5-7)18-8-3-4-12(15,6-8)11(16)17/h1-2,5,8H,3-4,6,15H2,(H,16,17). The lowest BCUT2D eigenvalue weighted by molar-refractivity contribution is -0.143. The Morgan fingerprint density at radius 3 is 2.83 bits per heavy atom. The SMILES string of the molecule is NC1(C(=O)O)CCC(Sc2cc(Cl)ccc2Cl)C1. The van der Waals surface area contributed by atoms with E-state index in [9.17, 15) is 4.79 Å². The molecule has 18 heavy (non-hydrogen) atoms. The van der Waals surface area contributed by atoms with Crippen LogP contribution in [0.4, 0.5) is 0 Å². The molecule has 1 aromatic carbocycles. The lowest BCUT2D eigenvalue weighted by Gasteiger charge is -2.18. The molecule has 1 aromatic rings. The van der Waals surface area contributed by atoms with Crippen molar-refractivity contribution in [2.24, 2.45) is 5.73 Å². The van der Waals surface area contributed by atoms with E-state index in [1.165, 1.54) is 0 Å². The molecule has 3 N–H and O–H groups in total. The van der Waals surface area contributed by atoms with Crippen molar-refractivity contribution in [1.82, 2.24) is 0 Å². The Hall–Kier alpha value is -0.420. The van der Waals surface area contributed by atoms with Gasteiger partial charge < -0.3 is 10.8 Å². The van der Waals surface area contributed by atoms with Gasteiger partial charge in [0.15, 0.2) is 0 Å². The molecule has 1 aliphatic carbocycles. The second-order valence-corrected chi connectivity index (χ2v) is 6.70. The number of hydrogen-bond acceptors (Lipinski definition) is 3. The summed E-state index contributed by atoms with van der Waals surface area (Å²) < 4.78 is 0. The smallest absolute Gasteiger partial charge is 0.323 e. The van der Waals surface area contributed by atoms with Crippen LogP contribution in [0.2, 0.25) is 10.0 Å². The average molecular weight is 306 g/mol. The summed E-state index contributed by atoms with van der Waals surface area (Å²) in [5.74, 6) is -0.928. The number of nitrogens with two attached hydrogens (primary N) is 1. The minimum Gasteiger partial charge on any atom is -0.480 e. The van der Waals surface area contributed by atoms with Crippen LogP contribution in [0.15, 0.2) is 23.1 Å². The van der Waals surface area contributed by atoms with Gasteiger partial charge in [0.25, 0.3) is 0 Å². The predicted octanol–water partition coefficient (Wildman–Crippen LogP) is 3.42. The van der Waals surface area contributed by atoms with Gasteiger partial charge in [-0.2, -0.15) is 0 Å². The average Bonchev–Trinajstić information content (AvgIpc) is 2.67. The summed E-state index contributed by atoms with van der Waals surface area (Å²) in [4.78, 5) is 11.9. The van der Waals surface area contributed by atoms with Crippen LogP contribution in [0.1, 0.15) is 19.3 Å². The van der Waals surface area contributed by atoms with Crippen molar-refractivity contribution >= 4 is 40.9 Å². The largest absolute Gasteiger partial charge is 0.480 e. The summed E-state index contributed by atoms with van der Waals surface area (Å²) in [6, 6.07) is 5.27. The van der Waals surface area contributed by atoms with Gasteiger partial charge in [0.05, 0.1) is 5.02 Å². The molecule has 1 aliphatic rings. The molecular weight excluding hydrogens is 293 g/mol. The van der Waals surface area contributed by atoms with Crippen LogP contribution in [-0.2, 0) is 4.79 Å². The first-order chi connectivity index (χ1) is 8.40. The van der Waals surface area contributed by atoms with Crippen molar-refractivity contribution < 1.29 is 9.90 Å². The molecule has 98 valence electrons. The Morgan fingerprint density at radius 2 is 2.22 bits per heavy atom. The first-order valence-electron chi connectivity index (χ1n) is 5.55. The number of carboxylic acids is 1. The fourth-order valence-corrected chi connectivity index (χ4v) is 3.91. The van der Waals surface area contributed by atoms with Gasteiger partial charge in [0.1, 0.15) is 5.54 Å². The van der Waals surface area contributed by atoms with Crippen LogP contribution < -0.4 is 5.73 Å². The number of aliphatic carboxylic acids is 1. The quantitative estimate of drug-likeness (QED) is 0.898. The van der Waals surface area contributed by atoms with Crippen molar-refractivity contribution in [2.45, 2.75) is 34.9 Å². The summed E-state index contributed by atoms with van der Waals surface area (Å²) >= 11 is 13.6. The Morgan fingerprint density at radius 1 is 1.50 bits per heavy atom. The van der Waals surface area contributed by atoms with Crippen molar-refractivity contribution in [3.05, 3.63) is 28.2 Å². The van der Waals surface area contributed by atoms with Crippen molar-refractivity contribution in [1.29, 1.82) is 0 Å².